The van der Waals surface area contributed by atoms with Crippen LogP contribution in [0.3, 0.4) is 0 Å². The van der Waals surface area contributed by atoms with E-state index < -0.39 is 0 Å². The largest absolute Gasteiger partial charge is 0.363 e. The van der Waals surface area contributed by atoms with Crippen molar-refractivity contribution in [3.63, 3.8) is 0 Å². The number of anilines is 3. The van der Waals surface area contributed by atoms with E-state index in [0.717, 1.165) is 68.1 Å². The van der Waals surface area contributed by atoms with E-state index in [1.807, 2.05) is 24.3 Å². The molecular formula is C60H47N5. The van der Waals surface area contributed by atoms with Gasteiger partial charge in [0.2, 0.25) is 0 Å². The van der Waals surface area contributed by atoms with Crippen molar-refractivity contribution < 1.29 is 0 Å². The maximum atomic E-state index is 5.31. The Balaban J connectivity index is 0.982. The van der Waals surface area contributed by atoms with Gasteiger partial charge >= 0.3 is 0 Å². The zero-order valence-corrected chi connectivity index (χ0v) is 36.1. The van der Waals surface area contributed by atoms with Gasteiger partial charge in [0.25, 0.3) is 0 Å². The molecule has 0 amide bonds. The van der Waals surface area contributed by atoms with Crippen LogP contribution in [0.1, 0.15) is 36.2 Å². The third-order valence-electron chi connectivity index (χ3n) is 12.5. The molecule has 0 fully saturated rings. The molecule has 65 heavy (non-hydrogen) atoms. The van der Waals surface area contributed by atoms with Crippen molar-refractivity contribution in [2.75, 3.05) is 10.2 Å². The summed E-state index contributed by atoms with van der Waals surface area (Å²) in [5.41, 5.74) is 18.2. The topological polar surface area (TPSA) is 52.0 Å². The van der Waals surface area contributed by atoms with Gasteiger partial charge in [0.15, 0.2) is 5.84 Å². The average molecular weight is 838 g/mol. The number of rotatable bonds is 10. The summed E-state index contributed by atoms with van der Waals surface area (Å²) in [6.45, 7) is 2.26. The van der Waals surface area contributed by atoms with Crippen LogP contribution in [-0.2, 0) is 0 Å². The van der Waals surface area contributed by atoms with Crippen LogP contribution in [0.2, 0.25) is 0 Å². The lowest BCUT2D eigenvalue weighted by molar-refractivity contribution is 0.676. The van der Waals surface area contributed by atoms with Crippen molar-refractivity contribution >= 4 is 28.7 Å². The SMILES string of the molecule is CCC1Nc2cc(-c3ccccc3)c(-c3ccccc3)cc2N1c1ccccc1-c1cccc(-c2ccccc2C2N=C(c3ccccc3)N=C(c3cccc(-c4ccccc4)c3)N2)c1. The second kappa shape index (κ2) is 17.5. The third kappa shape index (κ3) is 7.78. The molecule has 0 saturated carbocycles. The molecule has 2 unspecified atom stereocenters. The van der Waals surface area contributed by atoms with E-state index in [0.29, 0.717) is 5.84 Å². The Morgan fingerprint density at radius 2 is 0.908 bits per heavy atom. The first-order valence-electron chi connectivity index (χ1n) is 22.5. The Morgan fingerprint density at radius 3 is 1.58 bits per heavy atom. The molecule has 0 saturated heterocycles. The van der Waals surface area contributed by atoms with Crippen molar-refractivity contribution in [3.8, 4) is 55.6 Å². The fraction of sp³-hybridized carbons (Fsp3) is 0.0667. The highest BCUT2D eigenvalue weighted by Crippen LogP contribution is 2.49. The summed E-state index contributed by atoms with van der Waals surface area (Å²) in [5.74, 6) is 1.48. The molecule has 0 spiro atoms. The van der Waals surface area contributed by atoms with E-state index in [9.17, 15) is 0 Å². The monoisotopic (exact) mass is 837 g/mol. The summed E-state index contributed by atoms with van der Waals surface area (Å²) in [7, 11) is 0. The van der Waals surface area contributed by atoms with E-state index >= 15 is 0 Å². The van der Waals surface area contributed by atoms with E-state index in [1.54, 1.807) is 0 Å². The number of nitrogens with one attached hydrogen (secondary N) is 2. The third-order valence-corrected chi connectivity index (χ3v) is 12.5. The predicted molar refractivity (Wildman–Crippen MR) is 272 cm³/mol. The summed E-state index contributed by atoms with van der Waals surface area (Å²) in [4.78, 5) is 13.0. The fourth-order valence-corrected chi connectivity index (χ4v) is 9.34. The first kappa shape index (κ1) is 39.6. The van der Waals surface area contributed by atoms with E-state index in [-0.39, 0.29) is 12.3 Å². The second-order valence-corrected chi connectivity index (χ2v) is 16.5. The lowest BCUT2D eigenvalue weighted by atomic mass is 9.92. The van der Waals surface area contributed by atoms with Crippen LogP contribution in [0.4, 0.5) is 17.1 Å². The fourth-order valence-electron chi connectivity index (χ4n) is 9.34. The highest BCUT2D eigenvalue weighted by molar-refractivity contribution is 6.13. The van der Waals surface area contributed by atoms with Gasteiger partial charge in [-0.3, -0.25) is 0 Å². The molecule has 0 bridgehead atoms. The molecule has 2 heterocycles. The lowest BCUT2D eigenvalue weighted by Crippen LogP contribution is -2.33. The van der Waals surface area contributed by atoms with Gasteiger partial charge in [-0.2, -0.15) is 0 Å². The highest BCUT2D eigenvalue weighted by atomic mass is 15.3. The van der Waals surface area contributed by atoms with E-state index in [2.05, 4.69) is 229 Å². The Hall–Kier alpha value is -8.28. The quantitative estimate of drug-likeness (QED) is 0.144. The standard InChI is InChI=1S/C60H47N5/c1-2-57-61-54-39-52(42-23-9-4-10-24-42)53(43-25-11-5-12-26-43)40-56(54)65(57)55-36-18-17-34-50(55)47-31-20-30-46(38-47)49-33-15-16-35-51(49)60-63-58(44-27-13-6-14-28-44)62-59(64-60)48-32-19-29-45(37-48)41-21-7-3-8-22-41/h3-40,57,60-61H,2H2,1H3,(H,62,63,64). The molecule has 5 nitrogen and oxygen atoms in total. The smallest absolute Gasteiger partial charge is 0.159 e. The minimum absolute atomic E-state index is 0.0722. The maximum absolute atomic E-state index is 5.31. The number of fused-ring (bicyclic) bond motifs is 1. The second-order valence-electron chi connectivity index (χ2n) is 16.5. The molecule has 9 aromatic rings. The molecule has 9 aromatic carbocycles. The summed E-state index contributed by atoms with van der Waals surface area (Å²) in [6, 6.07) is 82.0. The molecule has 0 radical (unpaired) electrons. The predicted octanol–water partition coefficient (Wildman–Crippen LogP) is 14.8. The molecule has 2 aliphatic rings. The van der Waals surface area contributed by atoms with Crippen LogP contribution in [0.15, 0.2) is 241 Å². The van der Waals surface area contributed by atoms with Crippen LogP contribution in [0, 0.1) is 0 Å². The number of aliphatic imine (C=N–C) groups is 2. The highest BCUT2D eigenvalue weighted by Gasteiger charge is 2.32. The molecule has 2 aliphatic heterocycles. The van der Waals surface area contributed by atoms with Crippen LogP contribution < -0.4 is 15.5 Å². The molecule has 312 valence electrons. The lowest BCUT2D eigenvalue weighted by Gasteiger charge is -2.29. The maximum Gasteiger partial charge on any atom is 0.159 e. The molecule has 2 N–H and O–H groups in total. The minimum Gasteiger partial charge on any atom is -0.363 e. The minimum atomic E-state index is -0.387. The van der Waals surface area contributed by atoms with Crippen molar-refractivity contribution in [2.45, 2.75) is 25.7 Å². The van der Waals surface area contributed by atoms with Gasteiger partial charge in [-0.15, -0.1) is 0 Å². The van der Waals surface area contributed by atoms with Gasteiger partial charge in [0, 0.05) is 22.3 Å². The average Bonchev–Trinajstić information content (AvgIpc) is 3.77. The first-order valence-corrected chi connectivity index (χ1v) is 22.5. The van der Waals surface area contributed by atoms with Crippen LogP contribution in [0.5, 0.6) is 0 Å². The van der Waals surface area contributed by atoms with Crippen molar-refractivity contribution in [3.05, 3.63) is 247 Å². The Bertz CT molecular complexity index is 3200. The van der Waals surface area contributed by atoms with E-state index in [4.69, 9.17) is 9.98 Å². The summed E-state index contributed by atoms with van der Waals surface area (Å²) in [5, 5.41) is 7.69. The molecule has 11 rings (SSSR count). The van der Waals surface area contributed by atoms with Gasteiger partial charge in [-0.05, 0) is 86.8 Å². The van der Waals surface area contributed by atoms with Crippen molar-refractivity contribution in [1.29, 1.82) is 0 Å². The number of hydrogen-bond donors (Lipinski definition) is 2. The summed E-state index contributed by atoms with van der Waals surface area (Å²) < 4.78 is 0. The van der Waals surface area contributed by atoms with Gasteiger partial charge < -0.3 is 15.5 Å². The number of amidine groups is 2. The zero-order valence-electron chi connectivity index (χ0n) is 36.1. The molecule has 0 aromatic heterocycles. The number of benzene rings is 9. The number of nitrogens with zero attached hydrogens (tertiary/aromatic N) is 3. The Morgan fingerprint density at radius 1 is 0.400 bits per heavy atom. The summed E-state index contributed by atoms with van der Waals surface area (Å²) in [6.07, 6.45) is 0.602. The van der Waals surface area contributed by atoms with Crippen molar-refractivity contribution in [1.82, 2.24) is 5.32 Å². The molecular weight excluding hydrogens is 791 g/mol. The van der Waals surface area contributed by atoms with Gasteiger partial charge in [0.05, 0.1) is 17.1 Å². The van der Waals surface area contributed by atoms with Gasteiger partial charge in [0.1, 0.15) is 18.2 Å². The van der Waals surface area contributed by atoms with Crippen LogP contribution >= 0.6 is 0 Å². The Labute approximate surface area is 381 Å². The van der Waals surface area contributed by atoms with Gasteiger partial charge in [-0.1, -0.05) is 207 Å². The normalized spacial score (nSPS) is 15.3. The zero-order chi connectivity index (χ0) is 43.5. The molecule has 5 heteroatoms. The van der Waals surface area contributed by atoms with E-state index in [1.165, 1.54) is 33.5 Å². The first-order chi connectivity index (χ1) is 32.2. The summed E-state index contributed by atoms with van der Waals surface area (Å²) >= 11 is 0. The van der Waals surface area contributed by atoms with Gasteiger partial charge in [-0.25, -0.2) is 9.98 Å². The van der Waals surface area contributed by atoms with Crippen LogP contribution in [0.25, 0.3) is 55.6 Å². The molecule has 0 aliphatic carbocycles. The molecule has 2 atom stereocenters. The number of hydrogen-bond acceptors (Lipinski definition) is 5. The Kier molecular flexibility index (Phi) is 10.6. The number of para-hydroxylation sites is 1. The van der Waals surface area contributed by atoms with Crippen molar-refractivity contribution in [2.24, 2.45) is 9.98 Å². The van der Waals surface area contributed by atoms with Crippen LogP contribution in [-0.4, -0.2) is 17.8 Å².